The Morgan fingerprint density at radius 1 is 0.367 bits per heavy atom. The molecule has 0 aliphatic carbocycles. The second-order valence-electron chi connectivity index (χ2n) is 20.1. The smallest absolute Gasteiger partial charge is 0.407 e. The predicted octanol–water partition coefficient (Wildman–Crippen LogP) is 8.81. The fourth-order valence-corrected chi connectivity index (χ4v) is 8.29. The van der Waals surface area contributed by atoms with Crippen molar-refractivity contribution in [2.75, 3.05) is 79.0 Å². The van der Waals surface area contributed by atoms with Gasteiger partial charge in [-0.15, -0.1) is 0 Å². The van der Waals surface area contributed by atoms with Gasteiger partial charge in [0.2, 0.25) is 33.3 Å². The molecule has 0 aromatic rings. The molecular weight excluding hydrogens is 1090 g/mol. The summed E-state index contributed by atoms with van der Waals surface area (Å²) < 4.78 is 21.4. The minimum absolute atomic E-state index is 0.0385. The number of nitrogens with one attached hydrogen (secondary N) is 6. The molecule has 0 aromatic carbocycles. The van der Waals surface area contributed by atoms with Crippen LogP contribution in [0.25, 0.3) is 0 Å². The summed E-state index contributed by atoms with van der Waals surface area (Å²) in [5.74, 6) is -1.56. The van der Waals surface area contributed by atoms with Gasteiger partial charge in [-0.1, -0.05) is 131 Å². The van der Waals surface area contributed by atoms with E-state index in [1.807, 2.05) is 0 Å². The van der Waals surface area contributed by atoms with Crippen molar-refractivity contribution >= 4 is 89.0 Å². The lowest BCUT2D eigenvalue weighted by Gasteiger charge is -2.34. The van der Waals surface area contributed by atoms with E-state index in [0.29, 0.717) is 71.2 Å². The molecular formula is C56H99Cl3N6O14. The highest BCUT2D eigenvalue weighted by Gasteiger charge is 2.34. The summed E-state index contributed by atoms with van der Waals surface area (Å²) in [5.41, 5.74) is -1.24. The van der Waals surface area contributed by atoms with Gasteiger partial charge in [-0.25, -0.2) is 4.79 Å². The third kappa shape index (κ3) is 54.5. The van der Waals surface area contributed by atoms with Gasteiger partial charge < -0.3 is 65.5 Å². The van der Waals surface area contributed by atoms with Crippen molar-refractivity contribution in [1.29, 1.82) is 0 Å². The molecule has 0 radical (unpaired) electrons. The number of aldehydes is 2. The molecule has 20 nitrogen and oxygen atoms in total. The van der Waals surface area contributed by atoms with Crippen LogP contribution in [0.5, 0.6) is 0 Å². The molecule has 7 N–H and O–H groups in total. The van der Waals surface area contributed by atoms with E-state index in [9.17, 15) is 43.2 Å². The topological polar surface area (TPSA) is 283 Å². The van der Waals surface area contributed by atoms with Crippen LogP contribution in [0, 0.1) is 0 Å². The second kappa shape index (κ2) is 53.5. The zero-order chi connectivity index (χ0) is 58.3. The maximum atomic E-state index is 13.6. The lowest BCUT2D eigenvalue weighted by Crippen LogP contribution is -2.58. The Morgan fingerprint density at radius 3 is 1.03 bits per heavy atom. The number of rotatable bonds is 57. The first kappa shape index (κ1) is 75.2. The first-order valence-electron chi connectivity index (χ1n) is 29.3. The third-order valence-electron chi connectivity index (χ3n) is 12.6. The summed E-state index contributed by atoms with van der Waals surface area (Å²) in [5, 5.41) is 26.1. The van der Waals surface area contributed by atoms with Crippen molar-refractivity contribution in [1.82, 2.24) is 31.9 Å². The van der Waals surface area contributed by atoms with Crippen LogP contribution in [0.15, 0.2) is 0 Å². The van der Waals surface area contributed by atoms with Gasteiger partial charge in [0.05, 0.1) is 39.6 Å². The third-order valence-corrected chi connectivity index (χ3v) is 12.9. The SMILES string of the molecule is O=CCCCCCCCNC(=O)CCOCC(COCCC(=O)NCCCCCCCC=O)(COCCC(=O)NCCCCCCCC(=O)NCCCCCCCC(=O)O)NC(=O)CCCCCCCNC(=O)OCC(Cl)(Cl)Cl. The first-order valence-corrected chi connectivity index (χ1v) is 30.4. The number of carboxylic acids is 1. The molecule has 0 unspecified atom stereocenters. The molecule has 0 saturated carbocycles. The van der Waals surface area contributed by atoms with E-state index >= 15 is 0 Å². The van der Waals surface area contributed by atoms with Gasteiger partial charge in [0.15, 0.2) is 0 Å². The number of carbonyl (C=O) groups is 9. The zero-order valence-electron chi connectivity index (χ0n) is 47.4. The molecule has 458 valence electrons. The summed E-state index contributed by atoms with van der Waals surface area (Å²) >= 11 is 16.9. The van der Waals surface area contributed by atoms with Gasteiger partial charge in [0.1, 0.15) is 24.7 Å². The van der Waals surface area contributed by atoms with Crippen LogP contribution in [0.1, 0.15) is 212 Å². The Hall–Kier alpha value is -3.82. The maximum Gasteiger partial charge on any atom is 0.407 e. The maximum absolute atomic E-state index is 13.6. The molecule has 0 saturated heterocycles. The lowest BCUT2D eigenvalue weighted by atomic mass is 10.0. The monoisotopic (exact) mass is 1180 g/mol. The van der Waals surface area contributed by atoms with Gasteiger partial charge in [0, 0.05) is 84.1 Å². The number of halogens is 3. The van der Waals surface area contributed by atoms with Crippen molar-refractivity contribution in [2.45, 2.75) is 221 Å². The Labute approximate surface area is 486 Å². The summed E-state index contributed by atoms with van der Waals surface area (Å²) in [6.45, 7) is 2.04. The Balaban J connectivity index is 5.35. The van der Waals surface area contributed by atoms with Crippen molar-refractivity contribution in [2.24, 2.45) is 0 Å². The van der Waals surface area contributed by atoms with Gasteiger partial charge >= 0.3 is 12.1 Å². The molecule has 0 heterocycles. The molecule has 0 fully saturated rings. The molecule has 0 bridgehead atoms. The van der Waals surface area contributed by atoms with Crippen LogP contribution >= 0.6 is 34.8 Å². The van der Waals surface area contributed by atoms with Crippen molar-refractivity contribution < 1.29 is 67.2 Å². The number of ether oxygens (including phenoxy) is 4. The minimum atomic E-state index is -1.70. The quantitative estimate of drug-likeness (QED) is 0.0170. The average Bonchev–Trinajstić information content (AvgIpc) is 3.41. The molecule has 23 heteroatoms. The molecule has 0 aromatic heterocycles. The molecule has 0 spiro atoms. The minimum Gasteiger partial charge on any atom is -0.481 e. The summed E-state index contributed by atoms with van der Waals surface area (Å²) in [6, 6.07) is 0. The zero-order valence-corrected chi connectivity index (χ0v) is 49.6. The largest absolute Gasteiger partial charge is 0.481 e. The number of alkyl carbamates (subject to hydrolysis) is 1. The van der Waals surface area contributed by atoms with Gasteiger partial charge in [-0.2, -0.15) is 0 Å². The number of amides is 6. The Bertz CT molecular complexity index is 1590. The van der Waals surface area contributed by atoms with Crippen molar-refractivity contribution in [3.8, 4) is 0 Å². The fraction of sp³-hybridized carbons (Fsp3) is 0.839. The first-order chi connectivity index (χ1) is 38.1. The van der Waals surface area contributed by atoms with Gasteiger partial charge in [0.25, 0.3) is 0 Å². The van der Waals surface area contributed by atoms with Crippen molar-refractivity contribution in [3.63, 3.8) is 0 Å². The number of carbonyl (C=O) groups excluding carboxylic acids is 8. The number of hydrogen-bond acceptors (Lipinski definition) is 13. The van der Waals surface area contributed by atoms with E-state index in [4.69, 9.17) is 58.9 Å². The molecule has 6 amide bonds. The number of hydrogen-bond donors (Lipinski definition) is 7. The van der Waals surface area contributed by atoms with Crippen LogP contribution in [0.3, 0.4) is 0 Å². The van der Waals surface area contributed by atoms with E-state index in [2.05, 4.69) is 31.9 Å². The second-order valence-corrected chi connectivity index (χ2v) is 22.7. The summed E-state index contributed by atoms with van der Waals surface area (Å²) in [7, 11) is 0. The fourth-order valence-electron chi connectivity index (χ4n) is 8.12. The summed E-state index contributed by atoms with van der Waals surface area (Å²) in [4.78, 5) is 108. The van der Waals surface area contributed by atoms with Gasteiger partial charge in [-0.05, 0) is 64.2 Å². The van der Waals surface area contributed by atoms with Crippen LogP contribution in [0.4, 0.5) is 4.79 Å². The Kier molecular flexibility index (Phi) is 50.9. The average molecular weight is 1190 g/mol. The van der Waals surface area contributed by atoms with Crippen LogP contribution in [-0.2, 0) is 57.3 Å². The molecule has 79 heavy (non-hydrogen) atoms. The lowest BCUT2D eigenvalue weighted by molar-refractivity contribution is -0.137. The standard InChI is InChI=1S/C56H99Cl3N6O14/c57-56(58,59)47-79-54(75)64-38-25-15-6-9-19-29-52(72)65-55(44-76-41-31-49(69)61-35-21-11-1-3-16-26-39-66,45-77-42-32-50(70)62-36-22-12-2-4-17-27-40-67)46-78-43-33-51(71)63-37-24-13-5-8-18-28-48(68)60-34-23-14-7-10-20-30-53(73)74/h39-40H,1-38,41-47H2,(H,60,68)(H,61,69)(H,62,70)(H,63,71)(H,64,75)(H,65,72)(H,73,74). The van der Waals surface area contributed by atoms with Crippen molar-refractivity contribution in [3.05, 3.63) is 0 Å². The van der Waals surface area contributed by atoms with E-state index in [-0.39, 0.29) is 108 Å². The number of carboxylic acid groups (broad SMARTS) is 1. The van der Waals surface area contributed by atoms with Gasteiger partial charge in [-0.3, -0.25) is 28.8 Å². The number of aliphatic carboxylic acids is 1. The number of unbranched alkanes of at least 4 members (excludes halogenated alkanes) is 22. The predicted molar refractivity (Wildman–Crippen MR) is 307 cm³/mol. The van der Waals surface area contributed by atoms with E-state index in [1.165, 1.54) is 0 Å². The molecule has 0 atom stereocenters. The molecule has 0 aliphatic rings. The molecule has 0 rings (SSSR count). The highest BCUT2D eigenvalue weighted by atomic mass is 35.6. The highest BCUT2D eigenvalue weighted by molar-refractivity contribution is 6.67. The normalized spacial score (nSPS) is 11.4. The number of alkyl halides is 3. The van der Waals surface area contributed by atoms with Crippen LogP contribution in [-0.4, -0.2) is 148 Å². The Morgan fingerprint density at radius 2 is 0.671 bits per heavy atom. The van der Waals surface area contributed by atoms with Crippen LogP contribution in [0.2, 0.25) is 0 Å². The van der Waals surface area contributed by atoms with Crippen LogP contribution < -0.4 is 31.9 Å². The van der Waals surface area contributed by atoms with E-state index in [1.54, 1.807) is 0 Å². The summed E-state index contributed by atoms with van der Waals surface area (Å²) in [6.07, 6.45) is 24.8. The van der Waals surface area contributed by atoms with E-state index in [0.717, 1.165) is 154 Å². The highest BCUT2D eigenvalue weighted by Crippen LogP contribution is 2.26. The molecule has 0 aliphatic heterocycles. The van der Waals surface area contributed by atoms with E-state index < -0.39 is 21.4 Å².